The lowest BCUT2D eigenvalue weighted by atomic mass is 9.67. The third-order valence-corrected chi connectivity index (χ3v) is 20.4. The van der Waals surface area contributed by atoms with Crippen LogP contribution >= 0.6 is 0 Å². The Labute approximate surface area is 544 Å². The van der Waals surface area contributed by atoms with Gasteiger partial charge in [0.2, 0.25) is 0 Å². The van der Waals surface area contributed by atoms with Crippen molar-refractivity contribution in [2.45, 2.75) is 310 Å². The van der Waals surface area contributed by atoms with Crippen molar-refractivity contribution in [3.63, 3.8) is 0 Å². The molecule has 2 bridgehead atoms. The molecule has 556 valence electrons. The van der Waals surface area contributed by atoms with E-state index in [-0.39, 0.29) is 62.0 Å². The van der Waals surface area contributed by atoms with Gasteiger partial charge in [-0.15, -0.1) is 0 Å². The number of hydrogen-bond acceptors (Lipinski definition) is 14. The Kier molecular flexibility index (Phi) is 31.3. The average molecular weight is 1400 g/mol. The predicted octanol–water partition coefficient (Wildman–Crippen LogP) is 15.8. The first kappa shape index (κ1) is 88.6. The quantitative estimate of drug-likeness (QED) is 0.0263. The van der Waals surface area contributed by atoms with Crippen LogP contribution in [0.1, 0.15) is 233 Å². The van der Waals surface area contributed by atoms with Crippen LogP contribution in [-0.4, -0.2) is 146 Å². The number of carbonyl (C=O) groups excluding carboxylic acids is 4. The molecule has 0 aromatic carbocycles. The van der Waals surface area contributed by atoms with Crippen molar-refractivity contribution in [1.29, 1.82) is 0 Å². The van der Waals surface area contributed by atoms with Crippen molar-refractivity contribution in [3.8, 4) is 0 Å². The van der Waals surface area contributed by atoms with Gasteiger partial charge in [0.05, 0.1) is 34.9 Å². The van der Waals surface area contributed by atoms with E-state index in [2.05, 4.69) is 0 Å². The molecule has 0 amide bonds. The van der Waals surface area contributed by atoms with E-state index in [1.807, 2.05) is 27.7 Å². The monoisotopic (exact) mass is 1400 g/mol. The van der Waals surface area contributed by atoms with Gasteiger partial charge in [0.1, 0.15) is 18.3 Å². The maximum atomic E-state index is 13.3. The third kappa shape index (κ3) is 24.2. The number of esters is 4. The molecular weight excluding hydrogens is 1290 g/mol. The highest BCUT2D eigenvalue weighted by Crippen LogP contribution is 2.55. The van der Waals surface area contributed by atoms with Crippen LogP contribution in [0.25, 0.3) is 0 Å². The fraction of sp³-hybridized carbons (Fsp3) is 0.938. The van der Waals surface area contributed by atoms with Gasteiger partial charge in [-0.3, -0.25) is 19.2 Å². The molecule has 14 nitrogen and oxygen atoms in total. The number of halogens is 15. The van der Waals surface area contributed by atoms with Crippen molar-refractivity contribution in [3.05, 3.63) is 0 Å². The molecule has 13 atom stereocenters. The topological polar surface area (TPSA) is 216 Å². The molecule has 4 aliphatic carbocycles. The minimum absolute atomic E-state index is 0.0454. The summed E-state index contributed by atoms with van der Waals surface area (Å²) in [5, 5.41) is 48.7. The largest absolute Gasteiger partial charge is 0.466 e. The molecule has 4 aliphatic rings. The highest BCUT2D eigenvalue weighted by atomic mass is 19.4. The Morgan fingerprint density at radius 1 is 0.457 bits per heavy atom. The van der Waals surface area contributed by atoms with E-state index in [0.717, 1.165) is 52.4 Å². The Hall–Kier alpha value is -3.41. The average Bonchev–Trinajstić information content (AvgIpc) is 1.12. The fourth-order valence-corrected chi connectivity index (χ4v) is 11.1. The maximum absolute atomic E-state index is 13.3. The van der Waals surface area contributed by atoms with Crippen molar-refractivity contribution in [2.24, 2.45) is 57.2 Å². The number of aliphatic hydroxyl groups is 5. The Bertz CT molecular complexity index is 2340. The predicted molar refractivity (Wildman–Crippen MR) is 317 cm³/mol. The van der Waals surface area contributed by atoms with E-state index in [1.165, 1.54) is 0 Å². The number of alkyl halides is 15. The number of rotatable bonds is 24. The number of fused-ring (bicyclic) bond motifs is 2. The van der Waals surface area contributed by atoms with Crippen LogP contribution in [0, 0.1) is 57.2 Å². The summed E-state index contributed by atoms with van der Waals surface area (Å²) < 4.78 is 221. The summed E-state index contributed by atoms with van der Waals surface area (Å²) >= 11 is 0. The van der Waals surface area contributed by atoms with Crippen LogP contribution in [0.5, 0.6) is 0 Å². The van der Waals surface area contributed by atoms with Crippen molar-refractivity contribution < 1.29 is 134 Å². The minimum atomic E-state index is -5.10. The van der Waals surface area contributed by atoms with Gasteiger partial charge in [0.25, 0.3) is 0 Å². The van der Waals surface area contributed by atoms with E-state index >= 15 is 0 Å². The Balaban J connectivity index is 0.000000631. The summed E-state index contributed by atoms with van der Waals surface area (Å²) in [4.78, 5) is 48.5. The lowest BCUT2D eigenvalue weighted by Crippen LogP contribution is -2.57. The molecule has 0 heterocycles. The summed E-state index contributed by atoms with van der Waals surface area (Å²) in [6, 6.07) is 0. The zero-order valence-corrected chi connectivity index (χ0v) is 57.6. The normalized spacial score (nSPS) is 26.0. The van der Waals surface area contributed by atoms with Gasteiger partial charge in [-0.2, -0.15) is 65.9 Å². The zero-order valence-electron chi connectivity index (χ0n) is 57.6. The van der Waals surface area contributed by atoms with E-state index in [9.17, 15) is 111 Å². The molecule has 29 heteroatoms. The maximum Gasteiger partial charge on any atom is 0.417 e. The smallest absolute Gasteiger partial charge is 0.417 e. The second-order valence-electron chi connectivity index (χ2n) is 29.6. The summed E-state index contributed by atoms with van der Waals surface area (Å²) in [6.07, 6.45) is -21.3. The van der Waals surface area contributed by atoms with E-state index in [4.69, 9.17) is 23.7 Å². The molecule has 5 N–H and O–H groups in total. The lowest BCUT2D eigenvalue weighted by molar-refractivity contribution is -0.299. The minimum Gasteiger partial charge on any atom is -0.466 e. The van der Waals surface area contributed by atoms with Gasteiger partial charge in [0, 0.05) is 31.3 Å². The number of hydrogen-bond donors (Lipinski definition) is 5. The van der Waals surface area contributed by atoms with Gasteiger partial charge >= 0.3 is 54.8 Å². The van der Waals surface area contributed by atoms with Crippen molar-refractivity contribution in [1.82, 2.24) is 0 Å². The first-order valence-electron chi connectivity index (χ1n) is 32.4. The van der Waals surface area contributed by atoms with Crippen LogP contribution in [0.3, 0.4) is 0 Å². The molecule has 0 spiro atoms. The molecule has 0 aromatic heterocycles. The summed E-state index contributed by atoms with van der Waals surface area (Å²) in [6.45, 7) is 23.9. The lowest BCUT2D eigenvalue weighted by Gasteiger charge is -2.46. The molecule has 4 saturated carbocycles. The second kappa shape index (κ2) is 33.2. The Morgan fingerprint density at radius 3 is 1.26 bits per heavy atom. The van der Waals surface area contributed by atoms with Crippen LogP contribution in [-0.2, 0) is 42.9 Å². The highest BCUT2D eigenvalue weighted by molar-refractivity contribution is 5.77. The van der Waals surface area contributed by atoms with E-state index in [0.29, 0.717) is 59.3 Å². The van der Waals surface area contributed by atoms with Crippen LogP contribution in [0.4, 0.5) is 65.9 Å². The molecule has 0 radical (unpaired) electrons. The van der Waals surface area contributed by atoms with Gasteiger partial charge in [-0.1, -0.05) is 47.0 Å². The first-order chi connectivity index (χ1) is 42.0. The molecule has 13 unspecified atom stereocenters. The van der Waals surface area contributed by atoms with Gasteiger partial charge in [-0.25, -0.2) is 0 Å². The second-order valence-corrected chi connectivity index (χ2v) is 29.6. The molecule has 4 rings (SSSR count). The first-order valence-corrected chi connectivity index (χ1v) is 32.4. The number of ether oxygens (including phenoxy) is 5. The molecular formula is C65H107F15O14. The highest BCUT2D eigenvalue weighted by Gasteiger charge is 2.63. The van der Waals surface area contributed by atoms with Crippen molar-refractivity contribution >= 4 is 23.9 Å². The van der Waals surface area contributed by atoms with Crippen molar-refractivity contribution in [2.75, 3.05) is 19.8 Å². The molecule has 0 saturated heterocycles. The fourth-order valence-electron chi connectivity index (χ4n) is 11.1. The summed E-state index contributed by atoms with van der Waals surface area (Å²) in [7, 11) is 0. The Morgan fingerprint density at radius 2 is 0.883 bits per heavy atom. The standard InChI is InChI=1S/C18H28F6O4.C17H27F3O3.C17H29F3O3.C13H23F3O4/c1-6-14(2,3)13(25)28-12-8-10(15(4,26)17(19,20)21)7-11(9-12)16(5,27)18(22,23)24;1-5-15(2,3)14(21)23-13-8-10-6-11(13)7-12(10)9-16(4,22)17(18,19)20;1-5-15(2,3)14(21)23-13(12-9-7-6-8-10-12)11-16(4,22)17(18,19)20;1-5-11(3,10(17)20-6-2)9-19-8-7-12(4,18)13(14,15)16/h10-12,26-27H,6-9H2,1-5H3;10-13,22H,5-9H2,1-4H3;12-13,22H,5-11H2,1-4H3;18H,5-9H2,1-4H3. The van der Waals surface area contributed by atoms with E-state index < -0.39 is 155 Å². The molecule has 94 heavy (non-hydrogen) atoms. The van der Waals surface area contributed by atoms with Gasteiger partial charge in [-0.05, 0) is 197 Å². The SMILES string of the molecule is CCC(C)(C)C(=O)OC(CC(C)(O)C(F)(F)F)C1CCCCC1.CCC(C)(C)C(=O)OC1CC(C(C)(O)C(F)(F)F)CC(C(C)(O)C(F)(F)F)C1.CCC(C)(C)C(=O)OC1CC2CC1CC2CC(C)(O)C(F)(F)F.CCOC(=O)C(C)(CC)COCCC(C)(O)C(F)(F)F. The third-order valence-electron chi connectivity index (χ3n) is 20.4. The zero-order chi connectivity index (χ0) is 73.9. The molecule has 0 aromatic rings. The summed E-state index contributed by atoms with van der Waals surface area (Å²) in [5.41, 5.74) is -18.0. The summed E-state index contributed by atoms with van der Waals surface area (Å²) in [5.74, 6) is -5.29. The molecule has 0 aliphatic heterocycles. The number of carbonyl (C=O) groups is 4. The van der Waals surface area contributed by atoms with Crippen LogP contribution < -0.4 is 0 Å². The van der Waals surface area contributed by atoms with Gasteiger partial charge in [0.15, 0.2) is 28.0 Å². The van der Waals surface area contributed by atoms with Crippen LogP contribution in [0.2, 0.25) is 0 Å². The van der Waals surface area contributed by atoms with E-state index in [1.54, 1.807) is 55.4 Å². The molecule has 4 fully saturated rings. The van der Waals surface area contributed by atoms with Gasteiger partial charge < -0.3 is 49.2 Å². The van der Waals surface area contributed by atoms with Crippen LogP contribution in [0.15, 0.2) is 0 Å².